The maximum absolute atomic E-state index is 6.55. The van der Waals surface area contributed by atoms with Gasteiger partial charge in [0, 0.05) is 5.56 Å². The first kappa shape index (κ1) is 31.6. The van der Waals surface area contributed by atoms with Gasteiger partial charge in [0.2, 0.25) is 0 Å². The molecule has 37 heavy (non-hydrogen) atoms. The van der Waals surface area contributed by atoms with Gasteiger partial charge in [-0.2, -0.15) is 0 Å². The molecule has 0 aliphatic carbocycles. The molecule has 2 aromatic rings. The molecule has 0 bridgehead atoms. The van der Waals surface area contributed by atoms with Crippen molar-refractivity contribution in [3.8, 4) is 11.5 Å². The van der Waals surface area contributed by atoms with E-state index in [2.05, 4.69) is 106 Å². The lowest BCUT2D eigenvalue weighted by Gasteiger charge is -2.26. The van der Waals surface area contributed by atoms with Crippen LogP contribution in [0.4, 0.5) is 0 Å². The van der Waals surface area contributed by atoms with E-state index in [0.29, 0.717) is 12.5 Å². The minimum Gasteiger partial charge on any atom is -0.417 e. The maximum Gasteiger partial charge on any atom is 0.463 e. The molecule has 2 aromatic carbocycles. The number of hydrogen-bond donors (Lipinski definition) is 0. The van der Waals surface area contributed by atoms with Crippen LogP contribution in [0.25, 0.3) is 0 Å². The molecule has 4 heteroatoms. The van der Waals surface area contributed by atoms with Crippen LogP contribution in [0.15, 0.2) is 36.4 Å². The zero-order valence-corrected chi connectivity index (χ0v) is 26.3. The first-order chi connectivity index (χ1) is 17.3. The molecule has 0 saturated carbocycles. The summed E-state index contributed by atoms with van der Waals surface area (Å²) in [5, 5.41) is 0. The third kappa shape index (κ3) is 11.0. The normalized spacial score (nSPS) is 13.2. The average molecular weight is 529 g/mol. The van der Waals surface area contributed by atoms with E-state index < -0.39 is 8.60 Å². The topological polar surface area (TPSA) is 27.7 Å². The van der Waals surface area contributed by atoms with Crippen molar-refractivity contribution >= 4 is 8.60 Å². The highest BCUT2D eigenvalue weighted by Gasteiger charge is 2.25. The molecule has 1 atom stereocenters. The van der Waals surface area contributed by atoms with Crippen LogP contribution in [0.5, 0.6) is 11.5 Å². The van der Waals surface area contributed by atoms with Gasteiger partial charge in [0.1, 0.15) is 11.5 Å². The lowest BCUT2D eigenvalue weighted by molar-refractivity contribution is 0.256. The number of hydrogen-bond acceptors (Lipinski definition) is 3. The quantitative estimate of drug-likeness (QED) is 0.180. The SMILES string of the molecule is CCCCCCCCOP(Oc1ccc(C(C)(C)C)cc1C)Oc1ccc(CC(C)C)cc1C(C)(C)C. The predicted molar refractivity (Wildman–Crippen MR) is 161 cm³/mol. The number of benzene rings is 2. The molecule has 0 aliphatic heterocycles. The van der Waals surface area contributed by atoms with Crippen LogP contribution in [0, 0.1) is 12.8 Å². The Balaban J connectivity index is 2.25. The first-order valence-corrected chi connectivity index (χ1v) is 15.4. The molecule has 0 radical (unpaired) electrons. The second-order valence-corrected chi connectivity index (χ2v) is 14.0. The monoisotopic (exact) mass is 528 g/mol. The minimum absolute atomic E-state index is 0.0487. The average Bonchev–Trinajstić information content (AvgIpc) is 2.78. The highest BCUT2D eigenvalue weighted by atomic mass is 31.2. The first-order valence-electron chi connectivity index (χ1n) is 14.3. The molecule has 0 saturated heterocycles. The van der Waals surface area contributed by atoms with Gasteiger partial charge >= 0.3 is 8.60 Å². The van der Waals surface area contributed by atoms with Gasteiger partial charge in [0.25, 0.3) is 0 Å². The Morgan fingerprint density at radius 3 is 1.97 bits per heavy atom. The molecule has 0 spiro atoms. The smallest absolute Gasteiger partial charge is 0.417 e. The van der Waals surface area contributed by atoms with Gasteiger partial charge < -0.3 is 9.05 Å². The molecule has 0 N–H and O–H groups in total. The van der Waals surface area contributed by atoms with Gasteiger partial charge in [-0.15, -0.1) is 0 Å². The Kier molecular flexibility index (Phi) is 12.4. The zero-order valence-electron chi connectivity index (χ0n) is 25.4. The second kappa shape index (κ2) is 14.5. The summed E-state index contributed by atoms with van der Waals surface area (Å²) in [5.41, 5.74) is 5.00. The van der Waals surface area contributed by atoms with Crippen LogP contribution < -0.4 is 9.05 Å². The molecule has 3 nitrogen and oxygen atoms in total. The summed E-state index contributed by atoms with van der Waals surface area (Å²) in [7, 11) is -1.58. The molecule has 1 unspecified atom stereocenters. The summed E-state index contributed by atoms with van der Waals surface area (Å²) in [5.74, 6) is 2.30. The van der Waals surface area contributed by atoms with Crippen LogP contribution in [-0.4, -0.2) is 6.61 Å². The Morgan fingerprint density at radius 2 is 1.38 bits per heavy atom. The third-order valence-electron chi connectivity index (χ3n) is 6.58. The minimum atomic E-state index is -1.58. The summed E-state index contributed by atoms with van der Waals surface area (Å²) < 4.78 is 19.3. The van der Waals surface area contributed by atoms with Crippen molar-refractivity contribution in [3.63, 3.8) is 0 Å². The van der Waals surface area contributed by atoms with Crippen LogP contribution in [-0.2, 0) is 21.8 Å². The Hall–Kier alpha value is -1.57. The lowest BCUT2D eigenvalue weighted by atomic mass is 9.84. The van der Waals surface area contributed by atoms with Crippen molar-refractivity contribution in [2.24, 2.45) is 5.92 Å². The third-order valence-corrected chi connectivity index (χ3v) is 7.66. The number of rotatable bonds is 14. The van der Waals surface area contributed by atoms with Gasteiger partial charge in [-0.05, 0) is 65.3 Å². The fraction of sp³-hybridized carbons (Fsp3) is 0.636. The van der Waals surface area contributed by atoms with Crippen molar-refractivity contribution in [1.29, 1.82) is 0 Å². The Bertz CT molecular complexity index is 953. The summed E-state index contributed by atoms with van der Waals surface area (Å²) >= 11 is 0. The Morgan fingerprint density at radius 1 is 0.757 bits per heavy atom. The van der Waals surface area contributed by atoms with E-state index in [1.807, 2.05) is 0 Å². The van der Waals surface area contributed by atoms with Gasteiger partial charge in [-0.25, -0.2) is 0 Å². The number of unbranched alkanes of at least 4 members (excludes halogenated alkanes) is 5. The van der Waals surface area contributed by atoms with E-state index in [1.165, 1.54) is 48.8 Å². The van der Waals surface area contributed by atoms with E-state index in [-0.39, 0.29) is 10.8 Å². The fourth-order valence-corrected chi connectivity index (χ4v) is 5.42. The molecule has 0 heterocycles. The molecule has 0 aliphatic rings. The van der Waals surface area contributed by atoms with Crippen LogP contribution >= 0.6 is 8.60 Å². The van der Waals surface area contributed by atoms with Crippen molar-refractivity contribution in [1.82, 2.24) is 0 Å². The van der Waals surface area contributed by atoms with Crippen molar-refractivity contribution in [2.75, 3.05) is 6.61 Å². The molecule has 0 aromatic heterocycles. The summed E-state index contributed by atoms with van der Waals surface area (Å²) in [4.78, 5) is 0. The number of aryl methyl sites for hydroxylation is 1. The summed E-state index contributed by atoms with van der Waals surface area (Å²) in [6.07, 6.45) is 8.40. The van der Waals surface area contributed by atoms with E-state index in [9.17, 15) is 0 Å². The van der Waals surface area contributed by atoms with Crippen molar-refractivity contribution in [2.45, 2.75) is 125 Å². The van der Waals surface area contributed by atoms with Crippen LogP contribution in [0.2, 0.25) is 0 Å². The van der Waals surface area contributed by atoms with E-state index in [1.54, 1.807) is 0 Å². The molecule has 0 amide bonds. The maximum atomic E-state index is 6.55. The summed E-state index contributed by atoms with van der Waals surface area (Å²) in [6, 6.07) is 13.1. The van der Waals surface area contributed by atoms with E-state index >= 15 is 0 Å². The molecule has 0 fully saturated rings. The Labute approximate surface area is 229 Å². The van der Waals surface area contributed by atoms with Crippen LogP contribution in [0.1, 0.15) is 123 Å². The summed E-state index contributed by atoms with van der Waals surface area (Å²) in [6.45, 7) is 23.0. The lowest BCUT2D eigenvalue weighted by Crippen LogP contribution is -2.14. The molecular formula is C33H53O3P. The zero-order chi connectivity index (χ0) is 27.6. The molecule has 2 rings (SSSR count). The largest absolute Gasteiger partial charge is 0.463 e. The van der Waals surface area contributed by atoms with Gasteiger partial charge in [0.05, 0.1) is 6.61 Å². The van der Waals surface area contributed by atoms with Gasteiger partial charge in [-0.1, -0.05) is 119 Å². The van der Waals surface area contributed by atoms with Crippen molar-refractivity contribution in [3.05, 3.63) is 58.7 Å². The van der Waals surface area contributed by atoms with E-state index in [4.69, 9.17) is 13.6 Å². The standard InChI is InChI=1S/C33H53O3P/c1-11-12-13-14-15-16-21-34-37(35-30-20-18-28(23-26(30)4)32(5,6)7)36-31-19-17-27(22-25(2)3)24-29(31)33(8,9)10/h17-20,23-25H,11-16,21-22H2,1-10H3. The van der Waals surface area contributed by atoms with Crippen LogP contribution in [0.3, 0.4) is 0 Å². The highest BCUT2D eigenvalue weighted by molar-refractivity contribution is 7.42. The fourth-order valence-electron chi connectivity index (χ4n) is 4.31. The van der Waals surface area contributed by atoms with Gasteiger partial charge in [-0.3, -0.25) is 4.52 Å². The second-order valence-electron chi connectivity index (χ2n) is 12.9. The van der Waals surface area contributed by atoms with Crippen molar-refractivity contribution < 1.29 is 13.6 Å². The molecular weight excluding hydrogens is 475 g/mol. The predicted octanol–water partition coefficient (Wildman–Crippen LogP) is 10.9. The molecule has 208 valence electrons. The van der Waals surface area contributed by atoms with E-state index in [0.717, 1.165) is 29.9 Å². The van der Waals surface area contributed by atoms with Gasteiger partial charge in [0.15, 0.2) is 0 Å². The highest BCUT2D eigenvalue weighted by Crippen LogP contribution is 2.46.